The molecule has 0 aromatic rings. The molecule has 0 aromatic heterocycles. The van der Waals surface area contributed by atoms with Crippen LogP contribution in [0.5, 0.6) is 0 Å². The van der Waals surface area contributed by atoms with Crippen LogP contribution in [0.25, 0.3) is 0 Å². The van der Waals surface area contributed by atoms with E-state index in [9.17, 15) is 0 Å². The zero-order chi connectivity index (χ0) is 13.5. The number of nitrogens with one attached hydrogen (secondary N) is 1. The van der Waals surface area contributed by atoms with Crippen LogP contribution in [0.15, 0.2) is 0 Å². The first-order valence-electron chi connectivity index (χ1n) is 7.60. The van der Waals surface area contributed by atoms with Crippen molar-refractivity contribution in [3.63, 3.8) is 0 Å². The van der Waals surface area contributed by atoms with Gasteiger partial charge in [0, 0.05) is 29.6 Å². The molecule has 1 N–H and O–H groups in total. The van der Waals surface area contributed by atoms with Gasteiger partial charge in [-0.2, -0.15) is 11.8 Å². The van der Waals surface area contributed by atoms with Gasteiger partial charge in [0.2, 0.25) is 0 Å². The Hall–Kier alpha value is 0.270. The minimum Gasteiger partial charge on any atom is -0.316 e. The summed E-state index contributed by atoms with van der Waals surface area (Å²) in [4.78, 5) is 2.71. The molecule has 0 saturated carbocycles. The standard InChI is InChI=1S/C15H32N2S/c1-12(2)11-16-8-6-7-13(3)17-9-10-18-15(5)14(17)4/h12-16H,6-11H2,1-5H3. The molecule has 108 valence electrons. The molecule has 0 amide bonds. The molecule has 1 saturated heterocycles. The van der Waals surface area contributed by atoms with E-state index in [4.69, 9.17) is 0 Å². The molecule has 1 heterocycles. The van der Waals surface area contributed by atoms with Crippen LogP contribution in [0.2, 0.25) is 0 Å². The molecular weight excluding hydrogens is 240 g/mol. The normalized spacial score (nSPS) is 27.7. The summed E-state index contributed by atoms with van der Waals surface area (Å²) in [6.07, 6.45) is 2.63. The van der Waals surface area contributed by atoms with Crippen molar-refractivity contribution in [3.8, 4) is 0 Å². The lowest BCUT2D eigenvalue weighted by Crippen LogP contribution is -2.49. The highest BCUT2D eigenvalue weighted by molar-refractivity contribution is 8.00. The Balaban J connectivity index is 2.17. The highest BCUT2D eigenvalue weighted by atomic mass is 32.2. The summed E-state index contributed by atoms with van der Waals surface area (Å²) in [5.74, 6) is 2.07. The third-order valence-corrected chi connectivity index (χ3v) is 5.36. The van der Waals surface area contributed by atoms with Gasteiger partial charge in [-0.05, 0) is 45.7 Å². The first-order chi connectivity index (χ1) is 8.52. The molecule has 1 fully saturated rings. The smallest absolute Gasteiger partial charge is 0.0186 e. The van der Waals surface area contributed by atoms with Crippen molar-refractivity contribution in [2.45, 2.75) is 64.8 Å². The molecule has 1 aliphatic rings. The zero-order valence-corrected chi connectivity index (χ0v) is 13.7. The molecule has 2 nitrogen and oxygen atoms in total. The van der Waals surface area contributed by atoms with Crippen molar-refractivity contribution >= 4 is 11.8 Å². The van der Waals surface area contributed by atoms with Crippen LogP contribution in [0.3, 0.4) is 0 Å². The molecule has 0 aromatic carbocycles. The Kier molecular flexibility index (Phi) is 7.66. The fraction of sp³-hybridized carbons (Fsp3) is 1.00. The molecular formula is C15H32N2S. The number of thioether (sulfide) groups is 1. The fourth-order valence-electron chi connectivity index (χ4n) is 2.66. The summed E-state index contributed by atoms with van der Waals surface area (Å²) in [6.45, 7) is 15.3. The summed E-state index contributed by atoms with van der Waals surface area (Å²) in [7, 11) is 0. The lowest BCUT2D eigenvalue weighted by molar-refractivity contribution is 0.148. The van der Waals surface area contributed by atoms with Crippen LogP contribution < -0.4 is 5.32 Å². The Morgan fingerprint density at radius 1 is 1.28 bits per heavy atom. The molecule has 3 heteroatoms. The Morgan fingerprint density at radius 3 is 2.67 bits per heavy atom. The molecule has 3 unspecified atom stereocenters. The maximum Gasteiger partial charge on any atom is 0.0186 e. The molecule has 3 atom stereocenters. The maximum atomic E-state index is 3.54. The van der Waals surface area contributed by atoms with Crippen molar-refractivity contribution in [2.24, 2.45) is 5.92 Å². The van der Waals surface area contributed by atoms with Crippen molar-refractivity contribution in [1.82, 2.24) is 10.2 Å². The Bertz CT molecular complexity index is 221. The van der Waals surface area contributed by atoms with Crippen molar-refractivity contribution < 1.29 is 0 Å². The van der Waals surface area contributed by atoms with Crippen LogP contribution in [0.1, 0.15) is 47.5 Å². The third kappa shape index (κ3) is 5.50. The van der Waals surface area contributed by atoms with Crippen molar-refractivity contribution in [1.29, 1.82) is 0 Å². The van der Waals surface area contributed by atoms with E-state index < -0.39 is 0 Å². The summed E-state index contributed by atoms with van der Waals surface area (Å²) in [5.41, 5.74) is 0. The van der Waals surface area contributed by atoms with Gasteiger partial charge < -0.3 is 5.32 Å². The molecule has 0 spiro atoms. The number of hydrogen-bond donors (Lipinski definition) is 1. The average Bonchev–Trinajstić information content (AvgIpc) is 2.31. The van der Waals surface area contributed by atoms with Gasteiger partial charge in [-0.15, -0.1) is 0 Å². The van der Waals surface area contributed by atoms with Crippen molar-refractivity contribution in [2.75, 3.05) is 25.4 Å². The van der Waals surface area contributed by atoms with Crippen LogP contribution in [0.4, 0.5) is 0 Å². The van der Waals surface area contributed by atoms with E-state index in [0.717, 1.165) is 29.8 Å². The fourth-order valence-corrected chi connectivity index (χ4v) is 3.78. The van der Waals surface area contributed by atoms with Crippen LogP contribution >= 0.6 is 11.8 Å². The molecule has 1 aliphatic heterocycles. The molecule has 0 bridgehead atoms. The topological polar surface area (TPSA) is 15.3 Å². The van der Waals surface area contributed by atoms with Gasteiger partial charge >= 0.3 is 0 Å². The lowest BCUT2D eigenvalue weighted by Gasteiger charge is -2.41. The van der Waals surface area contributed by atoms with Crippen LogP contribution in [-0.4, -0.2) is 47.6 Å². The van der Waals surface area contributed by atoms with Gasteiger partial charge in [-0.25, -0.2) is 0 Å². The maximum absolute atomic E-state index is 3.54. The highest BCUT2D eigenvalue weighted by Gasteiger charge is 2.28. The van der Waals surface area contributed by atoms with Gasteiger partial charge in [-0.3, -0.25) is 4.90 Å². The van der Waals surface area contributed by atoms with Gasteiger partial charge in [0.05, 0.1) is 0 Å². The second-order valence-corrected chi connectivity index (χ2v) is 7.63. The van der Waals surface area contributed by atoms with E-state index in [1.807, 2.05) is 0 Å². The van der Waals surface area contributed by atoms with Gasteiger partial charge in [0.1, 0.15) is 0 Å². The largest absolute Gasteiger partial charge is 0.316 e. The minimum absolute atomic E-state index is 0.738. The monoisotopic (exact) mass is 272 g/mol. The lowest BCUT2D eigenvalue weighted by atomic mass is 10.1. The third-order valence-electron chi connectivity index (χ3n) is 4.03. The predicted octanol–water partition coefficient (Wildman–Crippen LogP) is 3.23. The number of rotatable bonds is 7. The summed E-state index contributed by atoms with van der Waals surface area (Å²) in [5, 5.41) is 4.33. The molecule has 1 rings (SSSR count). The van der Waals surface area contributed by atoms with Gasteiger partial charge in [-0.1, -0.05) is 20.8 Å². The van der Waals surface area contributed by atoms with E-state index >= 15 is 0 Å². The molecule has 0 aliphatic carbocycles. The minimum atomic E-state index is 0.738. The number of hydrogen-bond acceptors (Lipinski definition) is 3. The quantitative estimate of drug-likeness (QED) is 0.716. The van der Waals surface area contributed by atoms with E-state index in [2.05, 4.69) is 56.6 Å². The van der Waals surface area contributed by atoms with E-state index in [0.29, 0.717) is 0 Å². The summed E-state index contributed by atoms with van der Waals surface area (Å²) in [6, 6.07) is 1.48. The Labute approximate surface area is 118 Å². The second kappa shape index (κ2) is 8.44. The SMILES string of the molecule is CC(C)CNCCCC(C)N1CCSC(C)C1C. The van der Waals surface area contributed by atoms with E-state index in [-0.39, 0.29) is 0 Å². The van der Waals surface area contributed by atoms with E-state index in [1.165, 1.54) is 31.7 Å². The second-order valence-electron chi connectivity index (χ2n) is 6.14. The van der Waals surface area contributed by atoms with Gasteiger partial charge in [0.15, 0.2) is 0 Å². The first kappa shape index (κ1) is 16.3. The Morgan fingerprint density at radius 2 is 2.00 bits per heavy atom. The number of nitrogens with zero attached hydrogens (tertiary/aromatic N) is 1. The summed E-state index contributed by atoms with van der Waals surface area (Å²) < 4.78 is 0. The van der Waals surface area contributed by atoms with Crippen LogP contribution in [0, 0.1) is 5.92 Å². The van der Waals surface area contributed by atoms with E-state index in [1.54, 1.807) is 0 Å². The van der Waals surface area contributed by atoms with Crippen LogP contribution in [-0.2, 0) is 0 Å². The molecule has 0 radical (unpaired) electrons. The molecule has 18 heavy (non-hydrogen) atoms. The van der Waals surface area contributed by atoms with Gasteiger partial charge in [0.25, 0.3) is 0 Å². The van der Waals surface area contributed by atoms with Crippen molar-refractivity contribution in [3.05, 3.63) is 0 Å². The average molecular weight is 273 g/mol. The first-order valence-corrected chi connectivity index (χ1v) is 8.65. The zero-order valence-electron chi connectivity index (χ0n) is 12.9. The highest BCUT2D eigenvalue weighted by Crippen LogP contribution is 2.26. The summed E-state index contributed by atoms with van der Waals surface area (Å²) >= 11 is 2.13. The predicted molar refractivity (Wildman–Crippen MR) is 84.5 cm³/mol.